The average molecular weight is 204 g/mol. The molecule has 78 valence electrons. The van der Waals surface area contributed by atoms with Gasteiger partial charge < -0.3 is 9.47 Å². The van der Waals surface area contributed by atoms with Crippen LogP contribution in [-0.2, 0) is 9.47 Å². The molecule has 0 aliphatic rings. The van der Waals surface area contributed by atoms with E-state index in [2.05, 4.69) is 4.98 Å². The van der Waals surface area contributed by atoms with Crippen molar-refractivity contribution in [3.05, 3.63) is 35.7 Å². The van der Waals surface area contributed by atoms with E-state index >= 15 is 0 Å². The highest BCUT2D eigenvalue weighted by Gasteiger charge is 2.11. The Bertz CT molecular complexity index is 364. The van der Waals surface area contributed by atoms with Crippen molar-refractivity contribution in [1.29, 1.82) is 5.26 Å². The molecule has 1 heterocycles. The Hall–Kier alpha value is -1.70. The number of hydrogen-bond acceptors (Lipinski definition) is 4. The summed E-state index contributed by atoms with van der Waals surface area (Å²) >= 11 is 0. The summed E-state index contributed by atoms with van der Waals surface area (Å²) in [4.78, 5) is 3.95. The fourth-order valence-electron chi connectivity index (χ4n) is 1.14. The van der Waals surface area contributed by atoms with Crippen molar-refractivity contribution in [3.63, 3.8) is 0 Å². The number of nitrogens with zero attached hydrogens (tertiary/aromatic N) is 2. The molecule has 0 amide bonds. The minimum atomic E-state index is -0.629. The Kier molecular flexibility index (Phi) is 4.48. The van der Waals surface area contributed by atoms with Gasteiger partial charge >= 0.3 is 0 Å². The van der Waals surface area contributed by atoms with Crippen LogP contribution in [-0.4, -0.2) is 25.5 Å². The van der Waals surface area contributed by atoms with Gasteiger partial charge in [0.2, 0.25) is 0 Å². The SMILES string of the molecule is COC(OC)/C(C#N)=C/c1cccnc1. The lowest BCUT2D eigenvalue weighted by Gasteiger charge is -2.11. The molecule has 1 rings (SSSR count). The van der Waals surface area contributed by atoms with E-state index in [-0.39, 0.29) is 0 Å². The molecule has 0 atom stereocenters. The van der Waals surface area contributed by atoms with Crippen LogP contribution in [0, 0.1) is 11.3 Å². The van der Waals surface area contributed by atoms with Gasteiger partial charge in [-0.15, -0.1) is 0 Å². The van der Waals surface area contributed by atoms with Gasteiger partial charge in [0, 0.05) is 26.6 Å². The molecule has 4 heteroatoms. The van der Waals surface area contributed by atoms with E-state index in [1.807, 2.05) is 12.1 Å². The summed E-state index contributed by atoms with van der Waals surface area (Å²) in [7, 11) is 2.98. The Morgan fingerprint density at radius 3 is 2.73 bits per heavy atom. The zero-order valence-electron chi connectivity index (χ0n) is 8.68. The first-order valence-corrected chi connectivity index (χ1v) is 4.39. The molecule has 0 aliphatic carbocycles. The molecular weight excluding hydrogens is 192 g/mol. The molecule has 0 N–H and O–H groups in total. The molecule has 0 saturated heterocycles. The van der Waals surface area contributed by atoms with Crippen LogP contribution in [0.15, 0.2) is 30.1 Å². The molecule has 0 bridgehead atoms. The van der Waals surface area contributed by atoms with Crippen LogP contribution in [0.2, 0.25) is 0 Å². The molecule has 0 radical (unpaired) electrons. The molecule has 4 nitrogen and oxygen atoms in total. The zero-order valence-corrected chi connectivity index (χ0v) is 8.68. The lowest BCUT2D eigenvalue weighted by atomic mass is 10.2. The largest absolute Gasteiger partial charge is 0.351 e. The molecule has 0 aliphatic heterocycles. The van der Waals surface area contributed by atoms with Crippen LogP contribution in [0.5, 0.6) is 0 Å². The van der Waals surface area contributed by atoms with Crippen LogP contribution in [0.25, 0.3) is 6.08 Å². The van der Waals surface area contributed by atoms with Crippen LogP contribution in [0.1, 0.15) is 5.56 Å². The van der Waals surface area contributed by atoms with Gasteiger partial charge in [0.15, 0.2) is 6.29 Å². The van der Waals surface area contributed by atoms with Crippen LogP contribution < -0.4 is 0 Å². The van der Waals surface area contributed by atoms with Gasteiger partial charge in [-0.1, -0.05) is 6.07 Å². The second-order valence-electron chi connectivity index (χ2n) is 2.80. The maximum absolute atomic E-state index is 8.92. The Labute approximate surface area is 88.8 Å². The molecule has 15 heavy (non-hydrogen) atoms. The molecule has 1 aromatic heterocycles. The lowest BCUT2D eigenvalue weighted by Crippen LogP contribution is -2.14. The van der Waals surface area contributed by atoms with Crippen molar-refractivity contribution in [3.8, 4) is 6.07 Å². The summed E-state index contributed by atoms with van der Waals surface area (Å²) in [6.45, 7) is 0. The van der Waals surface area contributed by atoms with E-state index in [0.717, 1.165) is 5.56 Å². The van der Waals surface area contributed by atoms with Gasteiger partial charge in [-0.3, -0.25) is 4.98 Å². The Morgan fingerprint density at radius 1 is 1.53 bits per heavy atom. The molecule has 0 saturated carbocycles. The van der Waals surface area contributed by atoms with Gasteiger partial charge in [0.1, 0.15) is 6.07 Å². The summed E-state index contributed by atoms with van der Waals surface area (Å²) in [5.74, 6) is 0. The molecule has 0 fully saturated rings. The third-order valence-electron chi connectivity index (χ3n) is 1.82. The molecule has 1 aromatic rings. The Morgan fingerprint density at radius 2 is 2.27 bits per heavy atom. The fraction of sp³-hybridized carbons (Fsp3) is 0.273. The van der Waals surface area contributed by atoms with Crippen LogP contribution in [0.3, 0.4) is 0 Å². The zero-order chi connectivity index (χ0) is 11.1. The smallest absolute Gasteiger partial charge is 0.193 e. The number of ether oxygens (including phenoxy) is 2. The predicted octanol–water partition coefficient (Wildman–Crippen LogP) is 1.61. The first-order valence-electron chi connectivity index (χ1n) is 4.39. The summed E-state index contributed by atoms with van der Waals surface area (Å²) in [6.07, 6.45) is 4.40. The molecule has 0 unspecified atom stereocenters. The highest BCUT2D eigenvalue weighted by Crippen LogP contribution is 2.11. The van der Waals surface area contributed by atoms with Crippen molar-refractivity contribution in [2.24, 2.45) is 0 Å². The molecular formula is C11H12N2O2. The first kappa shape index (κ1) is 11.4. The van der Waals surface area contributed by atoms with Crippen molar-refractivity contribution in [1.82, 2.24) is 4.98 Å². The maximum Gasteiger partial charge on any atom is 0.193 e. The number of methoxy groups -OCH3 is 2. The highest BCUT2D eigenvalue weighted by molar-refractivity contribution is 5.56. The topological polar surface area (TPSA) is 55.1 Å². The number of rotatable bonds is 4. The number of hydrogen-bond donors (Lipinski definition) is 0. The minimum Gasteiger partial charge on any atom is -0.351 e. The monoisotopic (exact) mass is 204 g/mol. The summed E-state index contributed by atoms with van der Waals surface area (Å²) in [5, 5.41) is 8.92. The number of nitriles is 1. The normalized spacial score (nSPS) is 11.5. The van der Waals surface area contributed by atoms with Gasteiger partial charge in [-0.05, 0) is 17.7 Å². The van der Waals surface area contributed by atoms with Crippen molar-refractivity contribution < 1.29 is 9.47 Å². The van der Waals surface area contributed by atoms with E-state index in [0.29, 0.717) is 5.57 Å². The van der Waals surface area contributed by atoms with E-state index in [9.17, 15) is 0 Å². The third-order valence-corrected chi connectivity index (χ3v) is 1.82. The van der Waals surface area contributed by atoms with E-state index in [4.69, 9.17) is 14.7 Å². The molecule has 0 spiro atoms. The van der Waals surface area contributed by atoms with Crippen molar-refractivity contribution in [2.75, 3.05) is 14.2 Å². The van der Waals surface area contributed by atoms with Crippen LogP contribution >= 0.6 is 0 Å². The Balaban J connectivity index is 2.93. The van der Waals surface area contributed by atoms with Crippen molar-refractivity contribution >= 4 is 6.08 Å². The van der Waals surface area contributed by atoms with Crippen molar-refractivity contribution in [2.45, 2.75) is 6.29 Å². The number of pyridine rings is 1. The highest BCUT2D eigenvalue weighted by atomic mass is 16.7. The number of aromatic nitrogens is 1. The first-order chi connectivity index (χ1) is 7.31. The van der Waals surface area contributed by atoms with E-state index in [1.165, 1.54) is 14.2 Å². The van der Waals surface area contributed by atoms with Gasteiger partial charge in [-0.2, -0.15) is 5.26 Å². The fourth-order valence-corrected chi connectivity index (χ4v) is 1.14. The minimum absolute atomic E-state index is 0.410. The van der Waals surface area contributed by atoms with E-state index in [1.54, 1.807) is 24.5 Å². The van der Waals surface area contributed by atoms with Gasteiger partial charge in [0.05, 0.1) is 5.57 Å². The van der Waals surface area contributed by atoms with Gasteiger partial charge in [0.25, 0.3) is 0 Å². The summed E-state index contributed by atoms with van der Waals surface area (Å²) in [6, 6.07) is 5.69. The second kappa shape index (κ2) is 5.91. The van der Waals surface area contributed by atoms with Gasteiger partial charge in [-0.25, -0.2) is 0 Å². The predicted molar refractivity (Wildman–Crippen MR) is 55.6 cm³/mol. The second-order valence-corrected chi connectivity index (χ2v) is 2.80. The average Bonchev–Trinajstić information content (AvgIpc) is 2.30. The standard InChI is InChI=1S/C11H12N2O2/c1-14-11(15-2)10(7-12)6-9-4-3-5-13-8-9/h3-6,8,11H,1-2H3/b10-6+. The summed E-state index contributed by atoms with van der Waals surface area (Å²) < 4.78 is 9.98. The van der Waals surface area contributed by atoms with E-state index < -0.39 is 6.29 Å². The summed E-state index contributed by atoms with van der Waals surface area (Å²) in [5.41, 5.74) is 1.25. The molecule has 0 aromatic carbocycles. The maximum atomic E-state index is 8.92. The van der Waals surface area contributed by atoms with Crippen LogP contribution in [0.4, 0.5) is 0 Å². The quantitative estimate of drug-likeness (QED) is 0.552. The lowest BCUT2D eigenvalue weighted by molar-refractivity contribution is -0.0712. The third kappa shape index (κ3) is 3.17.